The Kier molecular flexibility index (Phi) is 4.85. The number of nitrogens with zero attached hydrogens (tertiary/aromatic N) is 2. The molecule has 0 bridgehead atoms. The van der Waals surface area contributed by atoms with Crippen molar-refractivity contribution in [2.45, 2.75) is 25.1 Å². The fourth-order valence-electron chi connectivity index (χ4n) is 2.66. The Morgan fingerprint density at radius 2 is 1.96 bits per heavy atom. The van der Waals surface area contributed by atoms with Gasteiger partial charge in [0.25, 0.3) is 0 Å². The summed E-state index contributed by atoms with van der Waals surface area (Å²) in [6.07, 6.45) is -2.39. The maximum atomic E-state index is 13.0. The van der Waals surface area contributed by atoms with Crippen LogP contribution in [0, 0.1) is 0 Å². The summed E-state index contributed by atoms with van der Waals surface area (Å²) in [4.78, 5) is 17.1. The first-order valence-corrected chi connectivity index (χ1v) is 8.43. The summed E-state index contributed by atoms with van der Waals surface area (Å²) in [5.74, 6) is -1.18. The van der Waals surface area contributed by atoms with Crippen LogP contribution in [0.3, 0.4) is 0 Å². The third-order valence-electron chi connectivity index (χ3n) is 3.90. The molecule has 1 aliphatic heterocycles. The number of carboxylic acid groups (broad SMARTS) is 1. The lowest BCUT2D eigenvalue weighted by molar-refractivity contribution is -0.139. The fraction of sp³-hybridized carbons (Fsp3) is 0.375. The topological polar surface area (TPSA) is 62.7 Å². The third kappa shape index (κ3) is 4.04. The van der Waals surface area contributed by atoms with Crippen LogP contribution in [0.2, 0.25) is 0 Å². The lowest BCUT2D eigenvalue weighted by Crippen LogP contribution is -2.38. The largest absolute Gasteiger partial charge is 0.490 e. The highest BCUT2D eigenvalue weighted by molar-refractivity contribution is 7.17. The highest BCUT2D eigenvalue weighted by atomic mass is 32.1. The second-order valence-electron chi connectivity index (χ2n) is 5.61. The zero-order chi connectivity index (χ0) is 18.0. The predicted octanol–water partition coefficient (Wildman–Crippen LogP) is 3.91. The Balaban J connectivity index is 1.62. The number of ether oxygens (including phenoxy) is 1. The van der Waals surface area contributed by atoms with Crippen molar-refractivity contribution in [2.24, 2.45) is 0 Å². The van der Waals surface area contributed by atoms with Gasteiger partial charge in [-0.1, -0.05) is 23.5 Å². The second kappa shape index (κ2) is 6.91. The highest BCUT2D eigenvalue weighted by Gasteiger charge is 2.35. The van der Waals surface area contributed by atoms with E-state index in [4.69, 9.17) is 9.84 Å². The molecule has 3 rings (SSSR count). The standard InChI is InChI=1S/C16H15F3N2O3S/c17-16(18,19)11-3-1-2-4-12(11)24-10-5-7-21(8-6-10)15-20-9-13(25-15)14(22)23/h1-4,9-10H,5-8H2,(H,22,23). The van der Waals surface area contributed by atoms with Crippen molar-refractivity contribution in [3.8, 4) is 5.75 Å². The maximum Gasteiger partial charge on any atom is 0.419 e. The number of aromatic carboxylic acids is 1. The van der Waals surface area contributed by atoms with E-state index in [2.05, 4.69) is 4.98 Å². The monoisotopic (exact) mass is 372 g/mol. The SMILES string of the molecule is O=C(O)c1cnc(N2CCC(Oc3ccccc3C(F)(F)F)CC2)s1. The molecule has 2 aromatic rings. The predicted molar refractivity (Wildman–Crippen MR) is 86.4 cm³/mol. The van der Waals surface area contributed by atoms with Gasteiger partial charge in [-0.3, -0.25) is 0 Å². The van der Waals surface area contributed by atoms with Gasteiger partial charge in [0.15, 0.2) is 5.13 Å². The Morgan fingerprint density at radius 3 is 2.56 bits per heavy atom. The van der Waals surface area contributed by atoms with Crippen molar-refractivity contribution in [2.75, 3.05) is 18.0 Å². The normalized spacial score (nSPS) is 16.0. The number of alkyl halides is 3. The summed E-state index contributed by atoms with van der Waals surface area (Å²) in [7, 11) is 0. The molecule has 0 aliphatic carbocycles. The summed E-state index contributed by atoms with van der Waals surface area (Å²) < 4.78 is 44.6. The molecular formula is C16H15F3N2O3S. The van der Waals surface area contributed by atoms with Crippen molar-refractivity contribution in [1.82, 2.24) is 4.98 Å². The minimum atomic E-state index is -4.45. The van der Waals surface area contributed by atoms with Gasteiger partial charge in [-0.15, -0.1) is 0 Å². The van der Waals surface area contributed by atoms with Crippen LogP contribution in [-0.4, -0.2) is 35.3 Å². The van der Waals surface area contributed by atoms with Crippen LogP contribution in [0.5, 0.6) is 5.75 Å². The van der Waals surface area contributed by atoms with Crippen LogP contribution < -0.4 is 9.64 Å². The molecular weight excluding hydrogens is 357 g/mol. The van der Waals surface area contributed by atoms with E-state index in [0.717, 1.165) is 17.4 Å². The van der Waals surface area contributed by atoms with Crippen molar-refractivity contribution in [1.29, 1.82) is 0 Å². The van der Waals surface area contributed by atoms with Gasteiger partial charge in [0.2, 0.25) is 0 Å². The average Bonchev–Trinajstić information content (AvgIpc) is 3.05. The van der Waals surface area contributed by atoms with Crippen molar-refractivity contribution in [3.63, 3.8) is 0 Å². The molecule has 0 atom stereocenters. The van der Waals surface area contributed by atoms with Gasteiger partial charge in [0, 0.05) is 25.9 Å². The second-order valence-corrected chi connectivity index (χ2v) is 6.62. The molecule has 1 fully saturated rings. The van der Waals surface area contributed by atoms with Gasteiger partial charge < -0.3 is 14.7 Å². The molecule has 1 aliphatic rings. The molecule has 25 heavy (non-hydrogen) atoms. The number of carbonyl (C=O) groups is 1. The number of halogens is 3. The first-order chi connectivity index (χ1) is 11.8. The smallest absolute Gasteiger partial charge is 0.419 e. The minimum Gasteiger partial charge on any atom is -0.490 e. The van der Waals surface area contributed by atoms with E-state index >= 15 is 0 Å². The third-order valence-corrected chi connectivity index (χ3v) is 4.95. The molecule has 1 saturated heterocycles. The summed E-state index contributed by atoms with van der Waals surface area (Å²) >= 11 is 1.08. The number of piperidine rings is 1. The number of hydrogen-bond acceptors (Lipinski definition) is 5. The fourth-order valence-corrected chi connectivity index (χ4v) is 3.46. The Labute approximate surface area is 145 Å². The van der Waals surface area contributed by atoms with Crippen molar-refractivity contribution >= 4 is 22.4 Å². The summed E-state index contributed by atoms with van der Waals surface area (Å²) in [5, 5.41) is 9.54. The number of carboxylic acids is 1. The number of para-hydroxylation sites is 1. The molecule has 9 heteroatoms. The van der Waals surface area contributed by atoms with E-state index in [-0.39, 0.29) is 16.7 Å². The van der Waals surface area contributed by atoms with Crippen LogP contribution in [0.15, 0.2) is 30.5 Å². The van der Waals surface area contributed by atoms with Gasteiger partial charge in [0.05, 0.1) is 11.8 Å². The number of rotatable bonds is 4. The summed E-state index contributed by atoms with van der Waals surface area (Å²) in [6, 6.07) is 5.19. The van der Waals surface area contributed by atoms with Crippen LogP contribution in [0.1, 0.15) is 28.1 Å². The number of aromatic nitrogens is 1. The van der Waals surface area contributed by atoms with E-state index in [1.54, 1.807) is 0 Å². The van der Waals surface area contributed by atoms with E-state index in [1.165, 1.54) is 24.4 Å². The lowest BCUT2D eigenvalue weighted by atomic mass is 10.1. The molecule has 1 N–H and O–H groups in total. The molecule has 0 amide bonds. The summed E-state index contributed by atoms with van der Waals surface area (Å²) in [6.45, 7) is 1.09. The minimum absolute atomic E-state index is 0.157. The zero-order valence-electron chi connectivity index (χ0n) is 13.0. The Hall–Kier alpha value is -2.29. The molecule has 0 spiro atoms. The van der Waals surface area contributed by atoms with Crippen LogP contribution >= 0.6 is 11.3 Å². The number of benzene rings is 1. The van der Waals surface area contributed by atoms with E-state index in [0.29, 0.717) is 31.1 Å². The van der Waals surface area contributed by atoms with Gasteiger partial charge in [-0.25, -0.2) is 9.78 Å². The molecule has 5 nitrogen and oxygen atoms in total. The number of anilines is 1. The zero-order valence-corrected chi connectivity index (χ0v) is 13.8. The van der Waals surface area contributed by atoms with Crippen LogP contribution in [0.25, 0.3) is 0 Å². The molecule has 1 aromatic heterocycles. The molecule has 1 aromatic carbocycles. The van der Waals surface area contributed by atoms with Crippen molar-refractivity contribution < 1.29 is 27.8 Å². The van der Waals surface area contributed by atoms with Gasteiger partial charge in [-0.2, -0.15) is 13.2 Å². The van der Waals surface area contributed by atoms with E-state index < -0.39 is 17.7 Å². The highest BCUT2D eigenvalue weighted by Crippen LogP contribution is 2.37. The number of hydrogen-bond donors (Lipinski definition) is 1. The Morgan fingerprint density at radius 1 is 1.28 bits per heavy atom. The molecule has 2 heterocycles. The maximum absolute atomic E-state index is 13.0. The van der Waals surface area contributed by atoms with Crippen LogP contribution in [-0.2, 0) is 6.18 Å². The van der Waals surface area contributed by atoms with Gasteiger partial charge in [0.1, 0.15) is 16.7 Å². The van der Waals surface area contributed by atoms with Gasteiger partial charge in [-0.05, 0) is 12.1 Å². The molecule has 0 radical (unpaired) electrons. The first-order valence-electron chi connectivity index (χ1n) is 7.61. The molecule has 0 saturated carbocycles. The van der Waals surface area contributed by atoms with Crippen molar-refractivity contribution in [3.05, 3.63) is 40.9 Å². The van der Waals surface area contributed by atoms with Crippen LogP contribution in [0.4, 0.5) is 18.3 Å². The first kappa shape index (κ1) is 17.5. The molecule has 0 unspecified atom stereocenters. The van der Waals surface area contributed by atoms with E-state index in [9.17, 15) is 18.0 Å². The molecule has 134 valence electrons. The average molecular weight is 372 g/mol. The lowest BCUT2D eigenvalue weighted by Gasteiger charge is -2.32. The summed E-state index contributed by atoms with van der Waals surface area (Å²) in [5.41, 5.74) is -0.775. The van der Waals surface area contributed by atoms with Gasteiger partial charge >= 0.3 is 12.1 Å². The number of thiazole rings is 1. The Bertz CT molecular complexity index is 755. The van der Waals surface area contributed by atoms with E-state index in [1.807, 2.05) is 4.90 Å². The quantitative estimate of drug-likeness (QED) is 0.882.